The third kappa shape index (κ3) is 5.41. The second-order valence-corrected chi connectivity index (χ2v) is 5.41. The third-order valence-electron chi connectivity index (χ3n) is 3.13. The van der Waals surface area contributed by atoms with Crippen molar-refractivity contribution in [2.24, 2.45) is 11.8 Å². The van der Waals surface area contributed by atoms with Gasteiger partial charge in [0.2, 0.25) is 0 Å². The van der Waals surface area contributed by atoms with Crippen molar-refractivity contribution in [1.29, 1.82) is 0 Å². The predicted octanol–water partition coefficient (Wildman–Crippen LogP) is 3.00. The summed E-state index contributed by atoms with van der Waals surface area (Å²) in [5.41, 5.74) is 0.702. The van der Waals surface area contributed by atoms with E-state index in [1.165, 1.54) is 12.1 Å². The van der Waals surface area contributed by atoms with Crippen LogP contribution in [0.3, 0.4) is 0 Å². The first-order chi connectivity index (χ1) is 9.81. The van der Waals surface area contributed by atoms with E-state index in [-0.39, 0.29) is 12.5 Å². The molecule has 1 atom stereocenters. The van der Waals surface area contributed by atoms with Gasteiger partial charge in [-0.3, -0.25) is 4.79 Å². The summed E-state index contributed by atoms with van der Waals surface area (Å²) in [4.78, 5) is 22.8. The van der Waals surface area contributed by atoms with Crippen LogP contribution in [-0.2, 0) is 4.79 Å². The van der Waals surface area contributed by atoms with Crippen molar-refractivity contribution < 1.29 is 19.1 Å². The third-order valence-corrected chi connectivity index (χ3v) is 3.13. The van der Waals surface area contributed by atoms with E-state index in [4.69, 9.17) is 5.11 Å². The molecule has 1 unspecified atom stereocenters. The molecule has 21 heavy (non-hydrogen) atoms. The number of carboxylic acids is 1. The van der Waals surface area contributed by atoms with Gasteiger partial charge in [0.25, 0.3) is 0 Å². The van der Waals surface area contributed by atoms with Crippen molar-refractivity contribution in [1.82, 2.24) is 5.32 Å². The minimum atomic E-state index is -0.939. The van der Waals surface area contributed by atoms with E-state index >= 15 is 0 Å². The number of hydrogen-bond donors (Lipinski definition) is 3. The summed E-state index contributed by atoms with van der Waals surface area (Å²) in [6.07, 6.45) is 0.481. The minimum Gasteiger partial charge on any atom is -0.481 e. The first-order valence-corrected chi connectivity index (χ1v) is 6.84. The Morgan fingerprint density at radius 2 is 2.00 bits per heavy atom. The maximum absolute atomic E-state index is 13.3. The molecule has 0 radical (unpaired) electrons. The number of carbonyl (C=O) groups excluding carboxylic acids is 1. The molecule has 0 spiro atoms. The summed E-state index contributed by atoms with van der Waals surface area (Å²) in [5, 5.41) is 14.1. The second kappa shape index (κ2) is 7.61. The number of carboxylic acid groups (broad SMARTS) is 1. The van der Waals surface area contributed by atoms with Crippen molar-refractivity contribution in [3.63, 3.8) is 0 Å². The highest BCUT2D eigenvalue weighted by Crippen LogP contribution is 2.17. The molecule has 0 aliphatic carbocycles. The molecule has 5 nitrogen and oxygen atoms in total. The number of nitrogens with one attached hydrogen (secondary N) is 2. The van der Waals surface area contributed by atoms with E-state index in [1.54, 1.807) is 13.0 Å². The van der Waals surface area contributed by atoms with E-state index in [1.807, 2.05) is 13.8 Å². The monoisotopic (exact) mass is 296 g/mol. The van der Waals surface area contributed by atoms with Crippen LogP contribution in [0, 0.1) is 24.6 Å². The van der Waals surface area contributed by atoms with Crippen LogP contribution in [0.2, 0.25) is 0 Å². The Bertz CT molecular complexity index is 518. The van der Waals surface area contributed by atoms with Gasteiger partial charge in [0.1, 0.15) is 5.82 Å². The highest BCUT2D eigenvalue weighted by Gasteiger charge is 2.19. The summed E-state index contributed by atoms with van der Waals surface area (Å²) in [7, 11) is 0. The zero-order valence-corrected chi connectivity index (χ0v) is 12.4. The van der Waals surface area contributed by atoms with Gasteiger partial charge in [-0.15, -0.1) is 0 Å². The first-order valence-electron chi connectivity index (χ1n) is 6.84. The van der Waals surface area contributed by atoms with Crippen molar-refractivity contribution >= 4 is 17.7 Å². The van der Waals surface area contributed by atoms with Crippen LogP contribution < -0.4 is 10.6 Å². The summed E-state index contributed by atoms with van der Waals surface area (Å²) < 4.78 is 13.3. The lowest BCUT2D eigenvalue weighted by atomic mass is 9.97. The number of carbonyl (C=O) groups is 2. The maximum Gasteiger partial charge on any atom is 0.319 e. The Hall–Kier alpha value is -2.11. The second-order valence-electron chi connectivity index (χ2n) is 5.41. The standard InChI is InChI=1S/C15H21FN2O3/c1-9(2)7-11(14(19)20)8-17-15(21)18-13-6-4-5-12(16)10(13)3/h4-6,9,11H,7-8H2,1-3H3,(H,19,20)(H2,17,18,21). The number of benzene rings is 1. The highest BCUT2D eigenvalue weighted by molar-refractivity contribution is 5.90. The van der Waals surface area contributed by atoms with E-state index in [0.29, 0.717) is 17.7 Å². The van der Waals surface area contributed by atoms with Gasteiger partial charge in [-0.05, 0) is 31.4 Å². The molecule has 2 amide bonds. The summed E-state index contributed by atoms with van der Waals surface area (Å²) >= 11 is 0. The topological polar surface area (TPSA) is 78.4 Å². The summed E-state index contributed by atoms with van der Waals surface area (Å²) in [6, 6.07) is 3.85. The molecule has 0 saturated heterocycles. The van der Waals surface area contributed by atoms with Crippen LogP contribution in [0.25, 0.3) is 0 Å². The van der Waals surface area contributed by atoms with Gasteiger partial charge in [-0.2, -0.15) is 0 Å². The zero-order valence-electron chi connectivity index (χ0n) is 12.4. The Morgan fingerprint density at radius 3 is 2.57 bits per heavy atom. The molecule has 0 heterocycles. The Labute approximate surface area is 123 Å². The van der Waals surface area contributed by atoms with Gasteiger partial charge >= 0.3 is 12.0 Å². The van der Waals surface area contributed by atoms with Crippen molar-refractivity contribution in [3.05, 3.63) is 29.6 Å². The lowest BCUT2D eigenvalue weighted by Crippen LogP contribution is -2.36. The van der Waals surface area contributed by atoms with Gasteiger partial charge in [-0.1, -0.05) is 19.9 Å². The largest absolute Gasteiger partial charge is 0.481 e. The zero-order chi connectivity index (χ0) is 16.0. The molecule has 1 aromatic carbocycles. The van der Waals surface area contributed by atoms with Crippen LogP contribution in [0.5, 0.6) is 0 Å². The van der Waals surface area contributed by atoms with Crippen LogP contribution in [0.1, 0.15) is 25.8 Å². The van der Waals surface area contributed by atoms with E-state index < -0.39 is 23.7 Å². The highest BCUT2D eigenvalue weighted by atomic mass is 19.1. The lowest BCUT2D eigenvalue weighted by molar-refractivity contribution is -0.142. The Kier molecular flexibility index (Phi) is 6.14. The van der Waals surface area contributed by atoms with Crippen LogP contribution in [-0.4, -0.2) is 23.7 Å². The number of hydrogen-bond acceptors (Lipinski definition) is 2. The van der Waals surface area contributed by atoms with Crippen LogP contribution in [0.15, 0.2) is 18.2 Å². The number of aliphatic carboxylic acids is 1. The number of halogens is 1. The van der Waals surface area contributed by atoms with E-state index in [0.717, 1.165) is 0 Å². The van der Waals surface area contributed by atoms with Gasteiger partial charge in [-0.25, -0.2) is 9.18 Å². The van der Waals surface area contributed by atoms with Crippen LogP contribution >= 0.6 is 0 Å². The first kappa shape index (κ1) is 16.9. The summed E-state index contributed by atoms with van der Waals surface area (Å²) in [6.45, 7) is 5.44. The fourth-order valence-corrected chi connectivity index (χ4v) is 1.97. The molecule has 0 fully saturated rings. The maximum atomic E-state index is 13.3. The molecule has 1 aromatic rings. The Balaban J connectivity index is 2.57. The normalized spacial score (nSPS) is 12.0. The van der Waals surface area contributed by atoms with Crippen molar-refractivity contribution in [2.45, 2.75) is 27.2 Å². The van der Waals surface area contributed by atoms with Gasteiger partial charge < -0.3 is 15.7 Å². The van der Waals surface area contributed by atoms with Gasteiger partial charge in [0.05, 0.1) is 5.92 Å². The number of rotatable bonds is 6. The average molecular weight is 296 g/mol. The molecule has 0 aliphatic rings. The van der Waals surface area contributed by atoms with Crippen molar-refractivity contribution in [2.75, 3.05) is 11.9 Å². The molecule has 0 saturated carbocycles. The quantitative estimate of drug-likeness (QED) is 0.755. The fraction of sp³-hybridized carbons (Fsp3) is 0.467. The summed E-state index contributed by atoms with van der Waals surface area (Å²) in [5.74, 6) is -1.76. The minimum absolute atomic E-state index is 0.0354. The fourth-order valence-electron chi connectivity index (χ4n) is 1.97. The molecule has 1 rings (SSSR count). The number of urea groups is 1. The molecule has 0 bridgehead atoms. The predicted molar refractivity (Wildman–Crippen MR) is 78.7 cm³/mol. The molecule has 6 heteroatoms. The SMILES string of the molecule is Cc1c(F)cccc1NC(=O)NCC(CC(C)C)C(=O)O. The average Bonchev–Trinajstić information content (AvgIpc) is 2.39. The number of anilines is 1. The van der Waals surface area contributed by atoms with Crippen LogP contribution in [0.4, 0.5) is 14.9 Å². The molecule has 0 aromatic heterocycles. The van der Waals surface area contributed by atoms with Gasteiger partial charge in [0.15, 0.2) is 0 Å². The molecular formula is C15H21FN2O3. The van der Waals surface area contributed by atoms with Crippen molar-refractivity contribution in [3.8, 4) is 0 Å². The molecule has 116 valence electrons. The number of amides is 2. The van der Waals surface area contributed by atoms with Gasteiger partial charge in [0, 0.05) is 17.8 Å². The molecular weight excluding hydrogens is 275 g/mol. The lowest BCUT2D eigenvalue weighted by Gasteiger charge is -2.16. The smallest absolute Gasteiger partial charge is 0.319 e. The van der Waals surface area contributed by atoms with E-state index in [9.17, 15) is 14.0 Å². The molecule has 3 N–H and O–H groups in total. The van der Waals surface area contributed by atoms with E-state index in [2.05, 4.69) is 10.6 Å². The Morgan fingerprint density at radius 1 is 1.33 bits per heavy atom. The molecule has 0 aliphatic heterocycles.